The van der Waals surface area contributed by atoms with Gasteiger partial charge in [-0.05, 0) is 49.6 Å². The van der Waals surface area contributed by atoms with Gasteiger partial charge in [0.2, 0.25) is 0 Å². The van der Waals surface area contributed by atoms with Gasteiger partial charge in [0, 0.05) is 6.04 Å². The molecule has 1 saturated heterocycles. The summed E-state index contributed by atoms with van der Waals surface area (Å²) in [5.41, 5.74) is 1.22. The highest BCUT2D eigenvalue weighted by molar-refractivity contribution is 5.40. The van der Waals surface area contributed by atoms with Crippen molar-refractivity contribution in [1.29, 1.82) is 0 Å². The average molecular weight is 221 g/mol. The SMILES string of the molecule is COc1ccc(OC)c(C[C@@H]2CCCN2)c1. The third-order valence-electron chi connectivity index (χ3n) is 3.12. The van der Waals surface area contributed by atoms with Crippen LogP contribution in [0.4, 0.5) is 0 Å². The summed E-state index contributed by atoms with van der Waals surface area (Å²) in [6, 6.07) is 6.56. The maximum Gasteiger partial charge on any atom is 0.122 e. The van der Waals surface area contributed by atoms with Crippen molar-refractivity contribution in [1.82, 2.24) is 5.32 Å². The van der Waals surface area contributed by atoms with Gasteiger partial charge in [0.05, 0.1) is 14.2 Å². The molecule has 0 spiro atoms. The molecule has 3 nitrogen and oxygen atoms in total. The zero-order valence-electron chi connectivity index (χ0n) is 9.95. The highest BCUT2D eigenvalue weighted by atomic mass is 16.5. The van der Waals surface area contributed by atoms with Gasteiger partial charge in [-0.2, -0.15) is 0 Å². The van der Waals surface area contributed by atoms with E-state index in [2.05, 4.69) is 11.4 Å². The van der Waals surface area contributed by atoms with Crippen molar-refractivity contribution in [3.8, 4) is 11.5 Å². The molecule has 0 amide bonds. The zero-order valence-corrected chi connectivity index (χ0v) is 9.95. The molecular formula is C13H19NO2. The molecule has 88 valence electrons. The highest BCUT2D eigenvalue weighted by Gasteiger charge is 2.16. The first-order chi connectivity index (χ1) is 7.83. The van der Waals surface area contributed by atoms with Gasteiger partial charge in [0.1, 0.15) is 11.5 Å². The number of rotatable bonds is 4. The molecule has 1 aliphatic rings. The Balaban J connectivity index is 2.15. The summed E-state index contributed by atoms with van der Waals surface area (Å²) in [5, 5.41) is 3.50. The van der Waals surface area contributed by atoms with E-state index in [-0.39, 0.29) is 0 Å². The number of methoxy groups -OCH3 is 2. The van der Waals surface area contributed by atoms with E-state index in [4.69, 9.17) is 9.47 Å². The van der Waals surface area contributed by atoms with Gasteiger partial charge in [0.25, 0.3) is 0 Å². The molecule has 0 unspecified atom stereocenters. The Morgan fingerprint density at radius 2 is 2.19 bits per heavy atom. The molecule has 1 heterocycles. The second-order valence-electron chi connectivity index (χ2n) is 4.18. The lowest BCUT2D eigenvalue weighted by Crippen LogP contribution is -2.23. The maximum atomic E-state index is 5.37. The van der Waals surface area contributed by atoms with E-state index in [1.165, 1.54) is 18.4 Å². The molecule has 0 radical (unpaired) electrons. The second-order valence-corrected chi connectivity index (χ2v) is 4.18. The predicted molar refractivity (Wildman–Crippen MR) is 64.3 cm³/mol. The zero-order chi connectivity index (χ0) is 11.4. The lowest BCUT2D eigenvalue weighted by atomic mass is 10.0. The number of hydrogen-bond donors (Lipinski definition) is 1. The van der Waals surface area contributed by atoms with E-state index in [0.29, 0.717) is 6.04 Å². The summed E-state index contributed by atoms with van der Waals surface area (Å²) in [6.07, 6.45) is 3.54. The Bertz CT molecular complexity index is 346. The fourth-order valence-corrected chi connectivity index (χ4v) is 2.24. The molecule has 16 heavy (non-hydrogen) atoms. The summed E-state index contributed by atoms with van der Waals surface area (Å²) in [6.45, 7) is 1.14. The van der Waals surface area contributed by atoms with Crippen LogP contribution in [0, 0.1) is 0 Å². The number of benzene rings is 1. The molecule has 1 aromatic carbocycles. The van der Waals surface area contributed by atoms with E-state index in [1.54, 1.807) is 14.2 Å². The summed E-state index contributed by atoms with van der Waals surface area (Å²) in [4.78, 5) is 0. The van der Waals surface area contributed by atoms with Gasteiger partial charge >= 0.3 is 0 Å². The van der Waals surface area contributed by atoms with Gasteiger partial charge in [-0.1, -0.05) is 0 Å². The van der Waals surface area contributed by atoms with Crippen LogP contribution in [0.15, 0.2) is 18.2 Å². The van der Waals surface area contributed by atoms with Crippen LogP contribution in [-0.4, -0.2) is 26.8 Å². The van der Waals surface area contributed by atoms with Crippen LogP contribution in [0.25, 0.3) is 0 Å². The third-order valence-corrected chi connectivity index (χ3v) is 3.12. The molecule has 1 fully saturated rings. The smallest absolute Gasteiger partial charge is 0.122 e. The second kappa shape index (κ2) is 5.21. The number of nitrogens with one attached hydrogen (secondary N) is 1. The van der Waals surface area contributed by atoms with Crippen LogP contribution in [0.3, 0.4) is 0 Å². The molecule has 0 aliphatic carbocycles. The summed E-state index contributed by atoms with van der Waals surface area (Å²) < 4.78 is 10.6. The first-order valence-electron chi connectivity index (χ1n) is 5.78. The molecule has 0 aromatic heterocycles. The first-order valence-corrected chi connectivity index (χ1v) is 5.78. The van der Waals surface area contributed by atoms with Gasteiger partial charge in [0.15, 0.2) is 0 Å². The number of hydrogen-bond acceptors (Lipinski definition) is 3. The van der Waals surface area contributed by atoms with Gasteiger partial charge in [-0.25, -0.2) is 0 Å². The van der Waals surface area contributed by atoms with Crippen LogP contribution in [0.1, 0.15) is 18.4 Å². The minimum atomic E-state index is 0.584. The van der Waals surface area contributed by atoms with Gasteiger partial charge in [-0.15, -0.1) is 0 Å². The van der Waals surface area contributed by atoms with Crippen LogP contribution in [0.5, 0.6) is 11.5 Å². The van der Waals surface area contributed by atoms with Crippen LogP contribution in [0.2, 0.25) is 0 Å². The Labute approximate surface area is 96.8 Å². The quantitative estimate of drug-likeness (QED) is 0.843. The average Bonchev–Trinajstić information content (AvgIpc) is 2.82. The van der Waals surface area contributed by atoms with E-state index in [1.807, 2.05) is 12.1 Å². The molecule has 0 saturated carbocycles. The predicted octanol–water partition coefficient (Wildman–Crippen LogP) is 2.00. The minimum Gasteiger partial charge on any atom is -0.497 e. The Hall–Kier alpha value is -1.22. The van der Waals surface area contributed by atoms with E-state index >= 15 is 0 Å². The van der Waals surface area contributed by atoms with Crippen LogP contribution >= 0.6 is 0 Å². The van der Waals surface area contributed by atoms with Crippen molar-refractivity contribution in [2.24, 2.45) is 0 Å². The molecular weight excluding hydrogens is 202 g/mol. The summed E-state index contributed by atoms with van der Waals surface area (Å²) in [7, 11) is 3.41. The van der Waals surface area contributed by atoms with Crippen molar-refractivity contribution >= 4 is 0 Å². The van der Waals surface area contributed by atoms with Crippen molar-refractivity contribution in [2.45, 2.75) is 25.3 Å². The van der Waals surface area contributed by atoms with Gasteiger partial charge < -0.3 is 14.8 Å². The van der Waals surface area contributed by atoms with E-state index in [0.717, 1.165) is 24.5 Å². The summed E-state index contributed by atoms with van der Waals surface area (Å²) in [5.74, 6) is 1.85. The lowest BCUT2D eigenvalue weighted by Gasteiger charge is -2.14. The molecule has 0 bridgehead atoms. The molecule has 1 atom stereocenters. The fourth-order valence-electron chi connectivity index (χ4n) is 2.24. The van der Waals surface area contributed by atoms with Crippen LogP contribution in [-0.2, 0) is 6.42 Å². The summed E-state index contributed by atoms with van der Waals surface area (Å²) >= 11 is 0. The molecule has 2 rings (SSSR count). The van der Waals surface area contributed by atoms with Crippen molar-refractivity contribution in [2.75, 3.05) is 20.8 Å². The molecule has 3 heteroatoms. The van der Waals surface area contributed by atoms with Crippen molar-refractivity contribution < 1.29 is 9.47 Å². The van der Waals surface area contributed by atoms with E-state index in [9.17, 15) is 0 Å². The van der Waals surface area contributed by atoms with Crippen molar-refractivity contribution in [3.63, 3.8) is 0 Å². The Morgan fingerprint density at radius 3 is 2.81 bits per heavy atom. The lowest BCUT2D eigenvalue weighted by molar-refractivity contribution is 0.396. The highest BCUT2D eigenvalue weighted by Crippen LogP contribution is 2.26. The molecule has 1 aliphatic heterocycles. The van der Waals surface area contributed by atoms with Crippen LogP contribution < -0.4 is 14.8 Å². The van der Waals surface area contributed by atoms with Crippen molar-refractivity contribution in [3.05, 3.63) is 23.8 Å². The largest absolute Gasteiger partial charge is 0.497 e. The fraction of sp³-hybridized carbons (Fsp3) is 0.538. The normalized spacial score (nSPS) is 19.8. The third kappa shape index (κ3) is 2.47. The topological polar surface area (TPSA) is 30.5 Å². The Morgan fingerprint density at radius 1 is 1.31 bits per heavy atom. The maximum absolute atomic E-state index is 5.37. The molecule has 1 aromatic rings. The first kappa shape index (κ1) is 11.3. The molecule has 1 N–H and O–H groups in total. The Kier molecular flexibility index (Phi) is 3.67. The van der Waals surface area contributed by atoms with E-state index < -0.39 is 0 Å². The van der Waals surface area contributed by atoms with Gasteiger partial charge in [-0.3, -0.25) is 0 Å². The standard InChI is InChI=1S/C13H19NO2/c1-15-12-5-6-13(16-2)10(9-12)8-11-4-3-7-14-11/h5-6,9,11,14H,3-4,7-8H2,1-2H3/t11-/m0/s1. The monoisotopic (exact) mass is 221 g/mol. The minimum absolute atomic E-state index is 0.584. The number of ether oxygens (including phenoxy) is 2.